The zero-order chi connectivity index (χ0) is 15.8. The highest BCUT2D eigenvalue weighted by atomic mass is 31.2. The minimum Gasteiger partial charge on any atom is -0.454 e. The highest BCUT2D eigenvalue weighted by molar-refractivity contribution is 7.47. The lowest BCUT2D eigenvalue weighted by molar-refractivity contribution is -0.870. The molecule has 0 spiro atoms. The van der Waals surface area contributed by atoms with Crippen LogP contribution < -0.4 is 0 Å². The normalized spacial score (nSPS) is 16.2. The Hall–Kier alpha value is -0.760. The molecule has 1 unspecified atom stereocenters. The van der Waals surface area contributed by atoms with Gasteiger partial charge in [0.2, 0.25) is 0 Å². The van der Waals surface area contributed by atoms with Crippen LogP contribution in [0.5, 0.6) is 0 Å². The number of carbonyl (C=O) groups excluding carboxylic acids is 1. The SMILES string of the molecule is C=CC(=O)O[C@H](CO)COP(=O)(O)OCC[N+](C)(C)C. The molecule has 0 aromatic heterocycles. The van der Waals surface area contributed by atoms with E-state index in [1.54, 1.807) is 0 Å². The molecule has 0 heterocycles. The minimum atomic E-state index is -4.24. The molecule has 2 atom stereocenters. The van der Waals surface area contributed by atoms with Crippen molar-refractivity contribution in [2.24, 2.45) is 0 Å². The molecule has 118 valence electrons. The fourth-order valence-electron chi connectivity index (χ4n) is 0.981. The van der Waals surface area contributed by atoms with Crippen LogP contribution in [-0.2, 0) is 23.1 Å². The Bertz CT molecular complexity index is 366. The first-order chi connectivity index (χ1) is 9.09. The van der Waals surface area contributed by atoms with Crippen molar-refractivity contribution >= 4 is 13.8 Å². The molecule has 0 aliphatic carbocycles. The van der Waals surface area contributed by atoms with Crippen LogP contribution >= 0.6 is 7.82 Å². The highest BCUT2D eigenvalue weighted by Crippen LogP contribution is 2.43. The quantitative estimate of drug-likeness (QED) is 0.252. The third kappa shape index (κ3) is 10.1. The average molecular weight is 312 g/mol. The predicted molar refractivity (Wildman–Crippen MR) is 71.8 cm³/mol. The van der Waals surface area contributed by atoms with E-state index in [1.165, 1.54) is 0 Å². The zero-order valence-electron chi connectivity index (χ0n) is 12.0. The number of phosphoric ester groups is 1. The van der Waals surface area contributed by atoms with Gasteiger partial charge in [-0.05, 0) is 0 Å². The second-order valence-corrected chi connectivity index (χ2v) is 6.51. The van der Waals surface area contributed by atoms with Crippen molar-refractivity contribution in [2.45, 2.75) is 6.10 Å². The molecule has 0 saturated carbocycles. The largest absolute Gasteiger partial charge is 0.472 e. The van der Waals surface area contributed by atoms with Gasteiger partial charge in [0.1, 0.15) is 19.3 Å². The molecule has 0 amide bonds. The number of quaternary nitrogens is 1. The van der Waals surface area contributed by atoms with E-state index in [1.807, 2.05) is 21.1 Å². The van der Waals surface area contributed by atoms with E-state index in [4.69, 9.17) is 9.63 Å². The van der Waals surface area contributed by atoms with Gasteiger partial charge < -0.3 is 19.2 Å². The molecule has 0 aliphatic rings. The van der Waals surface area contributed by atoms with Gasteiger partial charge in [-0.25, -0.2) is 9.36 Å². The van der Waals surface area contributed by atoms with Gasteiger partial charge in [0, 0.05) is 6.08 Å². The number of ether oxygens (including phenoxy) is 1. The van der Waals surface area contributed by atoms with Gasteiger partial charge >= 0.3 is 13.8 Å². The summed E-state index contributed by atoms with van der Waals surface area (Å²) in [6.07, 6.45) is -0.137. The molecule has 8 nitrogen and oxygen atoms in total. The third-order valence-electron chi connectivity index (χ3n) is 2.09. The van der Waals surface area contributed by atoms with Crippen molar-refractivity contribution in [3.05, 3.63) is 12.7 Å². The first-order valence-corrected chi connectivity index (χ1v) is 7.45. The fraction of sp³-hybridized carbons (Fsp3) is 0.727. The van der Waals surface area contributed by atoms with Crippen LogP contribution in [0.1, 0.15) is 0 Å². The first kappa shape index (κ1) is 19.2. The molecule has 0 rings (SSSR count). The summed E-state index contributed by atoms with van der Waals surface area (Å²) in [7, 11) is 1.48. The summed E-state index contributed by atoms with van der Waals surface area (Å²) in [6, 6.07) is 0. The van der Waals surface area contributed by atoms with Crippen molar-refractivity contribution in [3.8, 4) is 0 Å². The van der Waals surface area contributed by atoms with E-state index in [0.717, 1.165) is 6.08 Å². The number of carbonyl (C=O) groups is 1. The molecule has 0 fully saturated rings. The Morgan fingerprint density at radius 3 is 2.45 bits per heavy atom. The monoisotopic (exact) mass is 312 g/mol. The summed E-state index contributed by atoms with van der Waals surface area (Å²) in [6.45, 7) is 2.75. The number of hydrogen-bond acceptors (Lipinski definition) is 6. The summed E-state index contributed by atoms with van der Waals surface area (Å²) in [4.78, 5) is 20.3. The summed E-state index contributed by atoms with van der Waals surface area (Å²) in [5, 5.41) is 8.94. The van der Waals surface area contributed by atoms with Crippen LogP contribution in [0.15, 0.2) is 12.7 Å². The molecular weight excluding hydrogens is 289 g/mol. The van der Waals surface area contributed by atoms with Gasteiger partial charge in [-0.3, -0.25) is 9.05 Å². The number of aliphatic hydroxyl groups excluding tert-OH is 1. The van der Waals surface area contributed by atoms with Gasteiger partial charge in [0.05, 0.1) is 34.4 Å². The van der Waals surface area contributed by atoms with Gasteiger partial charge in [0.25, 0.3) is 0 Å². The molecule has 0 radical (unpaired) electrons. The standard InChI is InChI=1S/C11H22NO7P/c1-5-11(14)19-10(8-13)9-18-20(15,16)17-7-6-12(2,3)4/h5,10,13H,1,6-9H2,2-4H3/p+1/t10-/m1/s1. The van der Waals surface area contributed by atoms with Gasteiger partial charge in [-0.1, -0.05) is 6.58 Å². The average Bonchev–Trinajstić information content (AvgIpc) is 2.32. The van der Waals surface area contributed by atoms with Crippen LogP contribution in [0.25, 0.3) is 0 Å². The van der Waals surface area contributed by atoms with Crippen molar-refractivity contribution < 1.29 is 37.6 Å². The Kier molecular flexibility index (Phi) is 8.19. The maximum Gasteiger partial charge on any atom is 0.472 e. The summed E-state index contributed by atoms with van der Waals surface area (Å²) < 4.78 is 26.2. The Morgan fingerprint density at radius 1 is 1.40 bits per heavy atom. The number of phosphoric acid groups is 1. The second-order valence-electron chi connectivity index (χ2n) is 5.06. The Balaban J connectivity index is 4.15. The third-order valence-corrected chi connectivity index (χ3v) is 3.08. The van der Waals surface area contributed by atoms with E-state index in [0.29, 0.717) is 11.0 Å². The van der Waals surface area contributed by atoms with Crippen LogP contribution in [-0.4, -0.2) is 74.1 Å². The number of esters is 1. The lowest BCUT2D eigenvalue weighted by Crippen LogP contribution is -2.37. The lowest BCUT2D eigenvalue weighted by atomic mass is 10.4. The topological polar surface area (TPSA) is 102 Å². The van der Waals surface area contributed by atoms with Crippen LogP contribution in [0, 0.1) is 0 Å². The second kappa shape index (κ2) is 8.51. The highest BCUT2D eigenvalue weighted by Gasteiger charge is 2.25. The molecule has 9 heteroatoms. The van der Waals surface area contributed by atoms with Crippen molar-refractivity contribution in [1.82, 2.24) is 0 Å². The lowest BCUT2D eigenvalue weighted by Gasteiger charge is -2.24. The maximum absolute atomic E-state index is 11.5. The molecule has 20 heavy (non-hydrogen) atoms. The Morgan fingerprint density at radius 2 is 2.00 bits per heavy atom. The van der Waals surface area contributed by atoms with Crippen molar-refractivity contribution in [2.75, 3.05) is 47.5 Å². The fourth-order valence-corrected chi connectivity index (χ4v) is 1.72. The number of aliphatic hydroxyl groups is 1. The number of likely N-dealkylation sites (N-methyl/N-ethyl adjacent to an activating group) is 1. The molecule has 0 saturated heterocycles. The summed E-state index contributed by atoms with van der Waals surface area (Å²) >= 11 is 0. The van der Waals surface area contributed by atoms with Crippen molar-refractivity contribution in [1.29, 1.82) is 0 Å². The van der Waals surface area contributed by atoms with E-state index >= 15 is 0 Å². The molecule has 0 bridgehead atoms. The molecule has 0 aromatic carbocycles. The van der Waals surface area contributed by atoms with Crippen LogP contribution in [0.2, 0.25) is 0 Å². The van der Waals surface area contributed by atoms with Gasteiger partial charge in [-0.2, -0.15) is 0 Å². The molecular formula is C11H23NO7P+. The number of hydrogen-bond donors (Lipinski definition) is 2. The zero-order valence-corrected chi connectivity index (χ0v) is 12.9. The predicted octanol–water partition coefficient (Wildman–Crippen LogP) is -0.0837. The van der Waals surface area contributed by atoms with Crippen LogP contribution in [0.4, 0.5) is 0 Å². The smallest absolute Gasteiger partial charge is 0.454 e. The first-order valence-electron chi connectivity index (χ1n) is 5.96. The van der Waals surface area contributed by atoms with Crippen LogP contribution in [0.3, 0.4) is 0 Å². The van der Waals surface area contributed by atoms with Gasteiger partial charge in [-0.15, -0.1) is 0 Å². The molecule has 0 aliphatic heterocycles. The minimum absolute atomic E-state index is 0.0352. The van der Waals surface area contributed by atoms with E-state index in [2.05, 4.69) is 15.8 Å². The summed E-state index contributed by atoms with van der Waals surface area (Å²) in [5.74, 6) is -0.758. The molecule has 2 N–H and O–H groups in total. The van der Waals surface area contributed by atoms with E-state index < -0.39 is 33.1 Å². The van der Waals surface area contributed by atoms with E-state index in [9.17, 15) is 14.3 Å². The van der Waals surface area contributed by atoms with Gasteiger partial charge in [0.15, 0.2) is 0 Å². The van der Waals surface area contributed by atoms with E-state index in [-0.39, 0.29) is 6.61 Å². The number of nitrogens with zero attached hydrogens (tertiary/aromatic N) is 1. The van der Waals surface area contributed by atoms with Crippen molar-refractivity contribution in [3.63, 3.8) is 0 Å². The maximum atomic E-state index is 11.5. The molecule has 0 aromatic rings. The number of rotatable bonds is 10. The summed E-state index contributed by atoms with van der Waals surface area (Å²) in [5.41, 5.74) is 0. The Labute approximate surface area is 118 Å².